The molecule has 1 aromatic heterocycles. The molecule has 1 amide bonds. The van der Waals surface area contributed by atoms with Crippen LogP contribution in [-0.4, -0.2) is 55.0 Å². The molecule has 0 N–H and O–H groups in total. The van der Waals surface area contributed by atoms with Gasteiger partial charge in [0, 0.05) is 37.8 Å². The second-order valence-corrected chi connectivity index (χ2v) is 7.45. The summed E-state index contributed by atoms with van der Waals surface area (Å²) >= 11 is 0. The lowest BCUT2D eigenvalue weighted by Crippen LogP contribution is -2.34. The van der Waals surface area contributed by atoms with Crippen LogP contribution in [0.4, 0.5) is 0 Å². The number of amides is 1. The van der Waals surface area contributed by atoms with E-state index in [0.29, 0.717) is 5.92 Å². The number of para-hydroxylation sites is 1. The Labute approximate surface area is 162 Å². The number of ether oxygens (including phenoxy) is 1. The summed E-state index contributed by atoms with van der Waals surface area (Å²) in [7, 11) is 5.31. The predicted octanol–water partition coefficient (Wildman–Crippen LogP) is 3.48. The second-order valence-electron chi connectivity index (χ2n) is 7.45. The van der Waals surface area contributed by atoms with Gasteiger partial charge < -0.3 is 9.64 Å². The number of hydrogen-bond donors (Lipinski definition) is 0. The number of carbonyl (C=O) groups excluding carboxylic acids is 1. The fourth-order valence-corrected chi connectivity index (χ4v) is 3.75. The lowest BCUT2D eigenvalue weighted by molar-refractivity contribution is 0.0824. The summed E-state index contributed by atoms with van der Waals surface area (Å²) in [6.07, 6.45) is 2.03. The van der Waals surface area contributed by atoms with Gasteiger partial charge in [0.1, 0.15) is 5.75 Å². The van der Waals surface area contributed by atoms with Crippen molar-refractivity contribution >= 4 is 5.91 Å². The Morgan fingerprint density at radius 2 is 1.89 bits per heavy atom. The molecule has 1 aliphatic rings. The van der Waals surface area contributed by atoms with Crippen LogP contribution in [0.1, 0.15) is 46.1 Å². The number of piperidine rings is 1. The monoisotopic (exact) mass is 367 g/mol. The van der Waals surface area contributed by atoms with Gasteiger partial charge in [0.05, 0.1) is 18.4 Å². The molecule has 5 heteroatoms. The van der Waals surface area contributed by atoms with Crippen LogP contribution in [0.25, 0.3) is 0 Å². The molecule has 2 aromatic rings. The van der Waals surface area contributed by atoms with E-state index in [9.17, 15) is 4.79 Å². The Morgan fingerprint density at radius 3 is 2.56 bits per heavy atom. The molecular formula is C22H29N3O2. The Kier molecular flexibility index (Phi) is 6.11. The van der Waals surface area contributed by atoms with E-state index in [2.05, 4.69) is 17.0 Å². The van der Waals surface area contributed by atoms with Crippen molar-refractivity contribution in [1.29, 1.82) is 0 Å². The summed E-state index contributed by atoms with van der Waals surface area (Å²) in [5.74, 6) is 1.31. The van der Waals surface area contributed by atoms with E-state index >= 15 is 0 Å². The van der Waals surface area contributed by atoms with E-state index < -0.39 is 0 Å². The van der Waals surface area contributed by atoms with Crippen LogP contribution in [0.5, 0.6) is 5.75 Å². The molecule has 0 spiro atoms. The highest BCUT2D eigenvalue weighted by Gasteiger charge is 2.26. The Bertz CT molecular complexity index is 796. The molecule has 0 saturated carbocycles. The highest BCUT2D eigenvalue weighted by molar-refractivity contribution is 5.95. The van der Waals surface area contributed by atoms with Crippen LogP contribution in [0, 0.1) is 6.92 Å². The largest absolute Gasteiger partial charge is 0.496 e. The molecule has 5 nitrogen and oxygen atoms in total. The minimum atomic E-state index is 0.0361. The average molecular weight is 367 g/mol. The van der Waals surface area contributed by atoms with E-state index in [1.165, 1.54) is 5.56 Å². The third-order valence-electron chi connectivity index (χ3n) is 5.26. The van der Waals surface area contributed by atoms with E-state index in [1.54, 1.807) is 26.1 Å². The van der Waals surface area contributed by atoms with E-state index in [4.69, 9.17) is 9.72 Å². The molecule has 144 valence electrons. The number of aromatic nitrogens is 1. The number of methoxy groups -OCH3 is 1. The normalized spacial score (nSPS) is 15.6. The molecule has 1 aromatic carbocycles. The molecule has 3 rings (SSSR count). The van der Waals surface area contributed by atoms with Crippen LogP contribution in [0.15, 0.2) is 36.4 Å². The van der Waals surface area contributed by atoms with Gasteiger partial charge in [-0.2, -0.15) is 0 Å². The number of hydrogen-bond acceptors (Lipinski definition) is 4. The maximum absolute atomic E-state index is 12.6. The van der Waals surface area contributed by atoms with Gasteiger partial charge in [-0.15, -0.1) is 0 Å². The zero-order valence-corrected chi connectivity index (χ0v) is 16.7. The quantitative estimate of drug-likeness (QED) is 0.812. The maximum Gasteiger partial charge on any atom is 0.255 e. The molecule has 0 aliphatic carbocycles. The van der Waals surface area contributed by atoms with Gasteiger partial charge in [-0.25, -0.2) is 0 Å². The number of carbonyl (C=O) groups is 1. The fourth-order valence-electron chi connectivity index (χ4n) is 3.75. The number of benzene rings is 1. The highest BCUT2D eigenvalue weighted by atomic mass is 16.5. The lowest BCUT2D eigenvalue weighted by atomic mass is 9.89. The van der Waals surface area contributed by atoms with Gasteiger partial charge in [0.2, 0.25) is 0 Å². The molecule has 0 bridgehead atoms. The molecule has 1 saturated heterocycles. The number of pyridine rings is 1. The topological polar surface area (TPSA) is 45.7 Å². The predicted molar refractivity (Wildman–Crippen MR) is 107 cm³/mol. The van der Waals surface area contributed by atoms with Gasteiger partial charge in [0.25, 0.3) is 5.91 Å². The van der Waals surface area contributed by atoms with Crippen LogP contribution < -0.4 is 4.74 Å². The summed E-state index contributed by atoms with van der Waals surface area (Å²) in [5, 5.41) is 0. The first kappa shape index (κ1) is 19.4. The van der Waals surface area contributed by atoms with Crippen molar-refractivity contribution in [3.8, 4) is 5.75 Å². The zero-order chi connectivity index (χ0) is 19.4. The first-order valence-corrected chi connectivity index (χ1v) is 9.53. The zero-order valence-electron chi connectivity index (χ0n) is 16.7. The van der Waals surface area contributed by atoms with E-state index in [1.807, 2.05) is 31.2 Å². The van der Waals surface area contributed by atoms with Crippen molar-refractivity contribution in [2.75, 3.05) is 34.3 Å². The number of rotatable bonds is 5. The minimum Gasteiger partial charge on any atom is -0.496 e. The number of nitrogens with zero attached hydrogens (tertiary/aromatic N) is 3. The molecule has 0 atom stereocenters. The van der Waals surface area contributed by atoms with Gasteiger partial charge >= 0.3 is 0 Å². The molecule has 1 fully saturated rings. The summed E-state index contributed by atoms with van der Waals surface area (Å²) in [6.45, 7) is 4.87. The third kappa shape index (κ3) is 4.48. The average Bonchev–Trinajstić information content (AvgIpc) is 2.68. The summed E-state index contributed by atoms with van der Waals surface area (Å²) in [4.78, 5) is 21.4. The third-order valence-corrected chi connectivity index (χ3v) is 5.26. The lowest BCUT2D eigenvalue weighted by Gasteiger charge is -2.33. The first-order valence-electron chi connectivity index (χ1n) is 9.53. The summed E-state index contributed by atoms with van der Waals surface area (Å²) in [6, 6.07) is 12.1. The van der Waals surface area contributed by atoms with E-state index in [-0.39, 0.29) is 5.91 Å². The standard InChI is InChI=1S/C22H29N3O2/c1-16-9-10-19(22(26)24(2)3)21(23-16)17-11-13-25(14-12-17)15-18-7-5-6-8-20(18)27-4/h5-10,17H,11-15H2,1-4H3. The van der Waals surface area contributed by atoms with Crippen molar-refractivity contribution in [1.82, 2.24) is 14.8 Å². The first-order chi connectivity index (χ1) is 13.0. The molecule has 2 heterocycles. The van der Waals surface area contributed by atoms with Crippen LogP contribution in [0.3, 0.4) is 0 Å². The van der Waals surface area contributed by atoms with Gasteiger partial charge in [-0.3, -0.25) is 14.7 Å². The molecule has 27 heavy (non-hydrogen) atoms. The van der Waals surface area contributed by atoms with Crippen molar-refractivity contribution in [2.45, 2.75) is 32.2 Å². The van der Waals surface area contributed by atoms with E-state index in [0.717, 1.165) is 55.2 Å². The molecular weight excluding hydrogens is 338 g/mol. The molecule has 1 aliphatic heterocycles. The van der Waals surface area contributed by atoms with Crippen molar-refractivity contribution in [2.24, 2.45) is 0 Å². The van der Waals surface area contributed by atoms with Crippen LogP contribution >= 0.6 is 0 Å². The highest BCUT2D eigenvalue weighted by Crippen LogP contribution is 2.31. The summed E-state index contributed by atoms with van der Waals surface area (Å²) in [5.41, 5.74) is 3.90. The smallest absolute Gasteiger partial charge is 0.255 e. The van der Waals surface area contributed by atoms with Crippen LogP contribution in [-0.2, 0) is 6.54 Å². The molecule has 0 radical (unpaired) electrons. The van der Waals surface area contributed by atoms with Crippen molar-refractivity contribution < 1.29 is 9.53 Å². The van der Waals surface area contributed by atoms with Gasteiger partial charge in [-0.1, -0.05) is 18.2 Å². The van der Waals surface area contributed by atoms with Gasteiger partial charge in [-0.05, 0) is 51.1 Å². The second kappa shape index (κ2) is 8.53. The number of likely N-dealkylation sites (tertiary alicyclic amines) is 1. The van der Waals surface area contributed by atoms with Gasteiger partial charge in [0.15, 0.2) is 0 Å². The Balaban J connectivity index is 1.71. The van der Waals surface area contributed by atoms with Crippen molar-refractivity contribution in [3.63, 3.8) is 0 Å². The number of aryl methyl sites for hydroxylation is 1. The molecule has 0 unspecified atom stereocenters. The Morgan fingerprint density at radius 1 is 1.19 bits per heavy atom. The minimum absolute atomic E-state index is 0.0361. The fraction of sp³-hybridized carbons (Fsp3) is 0.455. The SMILES string of the molecule is COc1ccccc1CN1CCC(c2nc(C)ccc2C(=O)N(C)C)CC1. The van der Waals surface area contributed by atoms with Crippen molar-refractivity contribution in [3.05, 3.63) is 58.9 Å². The Hall–Kier alpha value is -2.40. The van der Waals surface area contributed by atoms with Crippen LogP contribution in [0.2, 0.25) is 0 Å². The maximum atomic E-state index is 12.6. The summed E-state index contributed by atoms with van der Waals surface area (Å²) < 4.78 is 5.48.